The van der Waals surface area contributed by atoms with E-state index in [1.807, 2.05) is 36.4 Å². The molecule has 0 unspecified atom stereocenters. The van der Waals surface area contributed by atoms with Crippen molar-refractivity contribution in [3.8, 4) is 0 Å². The maximum atomic E-state index is 10.2. The fraction of sp³-hybridized carbons (Fsp3) is 0.455. The van der Waals surface area contributed by atoms with E-state index in [1.165, 1.54) is 11.1 Å². The van der Waals surface area contributed by atoms with Crippen LogP contribution >= 0.6 is 0 Å². The first-order valence-electron chi connectivity index (χ1n) is 9.52. The van der Waals surface area contributed by atoms with Crippen LogP contribution in [0.3, 0.4) is 0 Å². The molecule has 1 aliphatic carbocycles. The van der Waals surface area contributed by atoms with E-state index in [9.17, 15) is 10.2 Å². The predicted octanol–water partition coefficient (Wildman–Crippen LogP) is 2.94. The van der Waals surface area contributed by atoms with Crippen molar-refractivity contribution in [3.63, 3.8) is 0 Å². The van der Waals surface area contributed by atoms with Gasteiger partial charge in [-0.05, 0) is 37.8 Å². The molecule has 0 saturated heterocycles. The Morgan fingerprint density at radius 1 is 0.692 bits per heavy atom. The lowest BCUT2D eigenvalue weighted by Crippen LogP contribution is -2.57. The summed E-state index contributed by atoms with van der Waals surface area (Å²) in [7, 11) is 0. The molecular weight excluding hydrogens is 324 g/mol. The number of nitrogens with one attached hydrogen (secondary N) is 2. The first-order valence-corrected chi connectivity index (χ1v) is 9.52. The Morgan fingerprint density at radius 2 is 1.04 bits per heavy atom. The van der Waals surface area contributed by atoms with Crippen molar-refractivity contribution in [2.45, 2.75) is 63.1 Å². The van der Waals surface area contributed by atoms with Gasteiger partial charge in [-0.3, -0.25) is 0 Å². The Balaban J connectivity index is 1.70. The predicted molar refractivity (Wildman–Crippen MR) is 105 cm³/mol. The zero-order valence-electron chi connectivity index (χ0n) is 15.5. The highest BCUT2D eigenvalue weighted by Crippen LogP contribution is 2.25. The van der Waals surface area contributed by atoms with Crippen LogP contribution in [0.15, 0.2) is 60.7 Å². The minimum atomic E-state index is -0.680. The molecule has 6 atom stereocenters. The van der Waals surface area contributed by atoms with E-state index in [1.54, 1.807) is 0 Å². The molecule has 0 aromatic heterocycles. The van der Waals surface area contributed by atoms with Gasteiger partial charge in [-0.2, -0.15) is 0 Å². The molecule has 1 fully saturated rings. The molecule has 4 heteroatoms. The fourth-order valence-electron chi connectivity index (χ4n) is 3.85. The molecule has 0 amide bonds. The van der Waals surface area contributed by atoms with Gasteiger partial charge in [0.05, 0.1) is 12.2 Å². The third-order valence-corrected chi connectivity index (χ3v) is 5.45. The van der Waals surface area contributed by atoms with Crippen molar-refractivity contribution >= 4 is 0 Å². The second kappa shape index (κ2) is 8.78. The minimum Gasteiger partial charge on any atom is -0.390 e. The number of hydrogen-bond acceptors (Lipinski definition) is 4. The van der Waals surface area contributed by atoms with Gasteiger partial charge in [0, 0.05) is 24.2 Å². The second-order valence-electron chi connectivity index (χ2n) is 7.42. The molecule has 0 bridgehead atoms. The summed E-state index contributed by atoms with van der Waals surface area (Å²) in [4.78, 5) is 0. The molecule has 0 spiro atoms. The summed E-state index contributed by atoms with van der Waals surface area (Å²) in [6, 6.07) is 21.2. The van der Waals surface area contributed by atoms with Crippen molar-refractivity contribution in [2.24, 2.45) is 0 Å². The maximum Gasteiger partial charge on any atom is 0.0815 e. The Bertz CT molecular complexity index is 605. The maximum absolute atomic E-state index is 10.2. The Morgan fingerprint density at radius 3 is 1.38 bits per heavy atom. The Labute approximate surface area is 156 Å². The van der Waals surface area contributed by atoms with E-state index < -0.39 is 12.2 Å². The molecule has 3 rings (SSSR count). The van der Waals surface area contributed by atoms with Gasteiger partial charge in [0.2, 0.25) is 0 Å². The number of hydrogen-bond donors (Lipinski definition) is 4. The fourth-order valence-corrected chi connectivity index (χ4v) is 3.85. The molecule has 0 aliphatic heterocycles. The van der Waals surface area contributed by atoms with Crippen LogP contribution < -0.4 is 10.6 Å². The van der Waals surface area contributed by atoms with Crippen molar-refractivity contribution in [1.29, 1.82) is 0 Å². The highest BCUT2D eigenvalue weighted by molar-refractivity contribution is 5.20. The lowest BCUT2D eigenvalue weighted by atomic mass is 9.84. The van der Waals surface area contributed by atoms with Crippen molar-refractivity contribution in [3.05, 3.63) is 71.8 Å². The van der Waals surface area contributed by atoms with Gasteiger partial charge < -0.3 is 20.8 Å². The van der Waals surface area contributed by atoms with Gasteiger partial charge in [-0.1, -0.05) is 60.7 Å². The van der Waals surface area contributed by atoms with E-state index in [0.717, 1.165) is 0 Å². The molecule has 1 aliphatic rings. The Kier molecular flexibility index (Phi) is 6.43. The first-order chi connectivity index (χ1) is 12.5. The largest absolute Gasteiger partial charge is 0.390 e. The van der Waals surface area contributed by atoms with Crippen LogP contribution in [0.2, 0.25) is 0 Å². The van der Waals surface area contributed by atoms with Gasteiger partial charge >= 0.3 is 0 Å². The summed E-state index contributed by atoms with van der Waals surface area (Å²) in [5, 5.41) is 27.7. The summed E-state index contributed by atoms with van der Waals surface area (Å²) in [5.74, 6) is 0. The monoisotopic (exact) mass is 354 g/mol. The highest BCUT2D eigenvalue weighted by atomic mass is 16.3. The summed E-state index contributed by atoms with van der Waals surface area (Å²) < 4.78 is 0. The summed E-state index contributed by atoms with van der Waals surface area (Å²) in [6.07, 6.45) is -0.282. The van der Waals surface area contributed by atoms with Gasteiger partial charge in [0.25, 0.3) is 0 Å². The van der Waals surface area contributed by atoms with Gasteiger partial charge in [0.15, 0.2) is 0 Å². The first kappa shape index (κ1) is 19.1. The van der Waals surface area contributed by atoms with Gasteiger partial charge in [0.1, 0.15) is 0 Å². The lowest BCUT2D eigenvalue weighted by molar-refractivity contribution is -0.0316. The molecule has 26 heavy (non-hydrogen) atoms. The molecule has 0 heterocycles. The standard InChI is InChI=1S/C22H30N2O2/c1-15(17-9-5-3-6-10-17)23-19-13-21(25)22(26)14-20(19)24-16(2)18-11-7-4-8-12-18/h3-12,15-16,19-26H,13-14H2,1-2H3/t15-,16-,19+,20+,21+,22+/m0/s1. The van der Waals surface area contributed by atoms with Crippen molar-refractivity contribution in [2.75, 3.05) is 0 Å². The van der Waals surface area contributed by atoms with Crippen LogP contribution in [0.25, 0.3) is 0 Å². The van der Waals surface area contributed by atoms with Crippen LogP contribution in [0.1, 0.15) is 49.9 Å². The average molecular weight is 354 g/mol. The topological polar surface area (TPSA) is 64.5 Å². The van der Waals surface area contributed by atoms with E-state index in [4.69, 9.17) is 0 Å². The molecule has 2 aromatic rings. The molecule has 4 nitrogen and oxygen atoms in total. The molecule has 4 N–H and O–H groups in total. The molecule has 140 valence electrons. The quantitative estimate of drug-likeness (QED) is 0.644. The van der Waals surface area contributed by atoms with Gasteiger partial charge in [-0.25, -0.2) is 0 Å². The van der Waals surface area contributed by atoms with Crippen molar-refractivity contribution in [1.82, 2.24) is 10.6 Å². The third kappa shape index (κ3) is 4.71. The van der Waals surface area contributed by atoms with E-state index in [0.29, 0.717) is 12.8 Å². The highest BCUT2D eigenvalue weighted by Gasteiger charge is 2.36. The zero-order chi connectivity index (χ0) is 18.5. The van der Waals surface area contributed by atoms with Crippen molar-refractivity contribution < 1.29 is 10.2 Å². The van der Waals surface area contributed by atoms with Crippen LogP contribution in [-0.4, -0.2) is 34.5 Å². The molecule has 0 radical (unpaired) electrons. The molecule has 1 saturated carbocycles. The summed E-state index contributed by atoms with van der Waals surface area (Å²) in [6.45, 7) is 4.29. The third-order valence-electron chi connectivity index (χ3n) is 5.45. The Hall–Kier alpha value is -1.72. The van der Waals surface area contributed by atoms with Gasteiger partial charge in [-0.15, -0.1) is 0 Å². The molecular formula is C22H30N2O2. The normalized spacial score (nSPS) is 28.5. The average Bonchev–Trinajstić information content (AvgIpc) is 2.67. The number of benzene rings is 2. The van der Waals surface area contributed by atoms with E-state index in [-0.39, 0.29) is 24.2 Å². The smallest absolute Gasteiger partial charge is 0.0815 e. The van der Waals surface area contributed by atoms with Crippen LogP contribution in [0, 0.1) is 0 Å². The minimum absolute atomic E-state index is 0.0924. The number of rotatable bonds is 6. The number of aliphatic hydroxyl groups is 2. The summed E-state index contributed by atoms with van der Waals surface area (Å²) >= 11 is 0. The van der Waals surface area contributed by atoms with Crippen LogP contribution in [0.5, 0.6) is 0 Å². The van der Waals surface area contributed by atoms with Crippen LogP contribution in [-0.2, 0) is 0 Å². The van der Waals surface area contributed by atoms with E-state index >= 15 is 0 Å². The second-order valence-corrected chi connectivity index (χ2v) is 7.42. The van der Waals surface area contributed by atoms with Crippen LogP contribution in [0.4, 0.5) is 0 Å². The summed E-state index contributed by atoms with van der Waals surface area (Å²) in [5.41, 5.74) is 2.45. The zero-order valence-corrected chi connectivity index (χ0v) is 15.5. The van der Waals surface area contributed by atoms with E-state index in [2.05, 4.69) is 48.7 Å². The number of aliphatic hydroxyl groups excluding tert-OH is 2. The molecule has 2 aromatic carbocycles. The SMILES string of the molecule is C[C@H](N[C@@H]1C[C@@H](O)[C@H](O)C[C@H]1N[C@@H](C)c1ccccc1)c1ccccc1. The lowest BCUT2D eigenvalue weighted by Gasteiger charge is -2.41.